The van der Waals surface area contributed by atoms with Crippen molar-refractivity contribution in [3.05, 3.63) is 42.3 Å². The number of halogens is 1. The fourth-order valence-corrected chi connectivity index (χ4v) is 2.44. The number of hydrogen-bond acceptors (Lipinski definition) is 6. The third-order valence-corrected chi connectivity index (χ3v) is 3.55. The van der Waals surface area contributed by atoms with Crippen LogP contribution >= 0.6 is 0 Å². The smallest absolute Gasteiger partial charge is 0.488 e. The largest absolute Gasteiger partial charge is 0.496 e. The van der Waals surface area contributed by atoms with E-state index >= 15 is 0 Å². The molecule has 2 aromatic carbocycles. The molecule has 23 heavy (non-hydrogen) atoms. The number of nitrogens with two attached hydrogens (primary N) is 1. The predicted molar refractivity (Wildman–Crippen MR) is 85.7 cm³/mol. The first kappa shape index (κ1) is 15.2. The Kier molecular flexibility index (Phi) is 3.85. The van der Waals surface area contributed by atoms with Crippen LogP contribution in [-0.2, 0) is 0 Å². The van der Waals surface area contributed by atoms with Gasteiger partial charge in [-0.25, -0.2) is 4.39 Å². The summed E-state index contributed by atoms with van der Waals surface area (Å²) >= 11 is 0. The van der Waals surface area contributed by atoms with Crippen LogP contribution in [0, 0.1) is 5.82 Å². The summed E-state index contributed by atoms with van der Waals surface area (Å²) in [4.78, 5) is 0. The number of methoxy groups -OCH3 is 1. The quantitative estimate of drug-likeness (QED) is 0.616. The summed E-state index contributed by atoms with van der Waals surface area (Å²) < 4.78 is 19.7. The molecule has 8 heteroatoms. The molecular weight excluding hydrogens is 300 g/mol. The maximum Gasteiger partial charge on any atom is 0.488 e. The van der Waals surface area contributed by atoms with E-state index in [2.05, 4.69) is 10.2 Å². The van der Waals surface area contributed by atoms with Crippen LogP contribution in [-0.4, -0.2) is 34.5 Å². The molecule has 1 heterocycles. The van der Waals surface area contributed by atoms with E-state index in [1.165, 1.54) is 31.5 Å². The number of nitrogen functional groups attached to an aromatic ring is 1. The third-order valence-electron chi connectivity index (χ3n) is 3.55. The molecule has 0 aliphatic rings. The van der Waals surface area contributed by atoms with Crippen molar-refractivity contribution in [2.45, 2.75) is 0 Å². The van der Waals surface area contributed by atoms with E-state index in [9.17, 15) is 14.4 Å². The minimum absolute atomic E-state index is 0.195. The SMILES string of the molecule is COc1ccc(B(O)O)cc1-c1cc(F)c2c(N)cnnc2c1. The molecule has 116 valence electrons. The van der Waals surface area contributed by atoms with E-state index in [-0.39, 0.29) is 16.5 Å². The van der Waals surface area contributed by atoms with Crippen LogP contribution in [0.15, 0.2) is 36.5 Å². The molecule has 0 aliphatic carbocycles. The molecule has 3 rings (SSSR count). The maximum atomic E-state index is 14.4. The number of nitrogens with zero attached hydrogens (tertiary/aromatic N) is 2. The zero-order valence-corrected chi connectivity index (χ0v) is 12.2. The van der Waals surface area contributed by atoms with Crippen molar-refractivity contribution in [1.82, 2.24) is 10.2 Å². The molecule has 0 saturated carbocycles. The average Bonchev–Trinajstić information content (AvgIpc) is 2.53. The highest BCUT2D eigenvalue weighted by Gasteiger charge is 2.17. The fraction of sp³-hybridized carbons (Fsp3) is 0.0667. The molecule has 0 aliphatic heterocycles. The minimum Gasteiger partial charge on any atom is -0.496 e. The predicted octanol–water partition coefficient (Wildman–Crippen LogP) is 0.706. The average molecular weight is 313 g/mol. The molecule has 0 bridgehead atoms. The molecule has 0 radical (unpaired) electrons. The molecular formula is C15H13BFN3O3. The van der Waals surface area contributed by atoms with Gasteiger partial charge in [-0.15, -0.1) is 0 Å². The summed E-state index contributed by atoms with van der Waals surface area (Å²) in [6, 6.07) is 7.53. The molecule has 0 fully saturated rings. The van der Waals surface area contributed by atoms with Crippen molar-refractivity contribution in [3.8, 4) is 16.9 Å². The first-order chi connectivity index (χ1) is 11.0. The number of ether oxygens (including phenoxy) is 1. The van der Waals surface area contributed by atoms with Crippen LogP contribution in [0.4, 0.5) is 10.1 Å². The highest BCUT2D eigenvalue weighted by atomic mass is 19.1. The van der Waals surface area contributed by atoms with Gasteiger partial charge in [0.05, 0.1) is 29.9 Å². The molecule has 0 spiro atoms. The van der Waals surface area contributed by atoms with Gasteiger partial charge in [0, 0.05) is 5.56 Å². The second kappa shape index (κ2) is 5.83. The highest BCUT2D eigenvalue weighted by molar-refractivity contribution is 6.58. The van der Waals surface area contributed by atoms with E-state index in [1.54, 1.807) is 12.1 Å². The van der Waals surface area contributed by atoms with Gasteiger partial charge in [-0.2, -0.15) is 10.2 Å². The third kappa shape index (κ3) is 2.69. The van der Waals surface area contributed by atoms with E-state index in [0.29, 0.717) is 22.4 Å². The standard InChI is InChI=1S/C15H13BFN3O3/c1-23-14-3-2-9(16(21)22)6-10(14)8-4-11(17)15-12(18)7-19-20-13(15)5-8/h2-7,21-22H,1H3,(H2,18,20). The highest BCUT2D eigenvalue weighted by Crippen LogP contribution is 2.33. The zero-order chi connectivity index (χ0) is 16.6. The van der Waals surface area contributed by atoms with Crippen LogP contribution in [0.25, 0.3) is 22.0 Å². The van der Waals surface area contributed by atoms with Gasteiger partial charge >= 0.3 is 7.12 Å². The van der Waals surface area contributed by atoms with E-state index in [0.717, 1.165) is 0 Å². The van der Waals surface area contributed by atoms with E-state index in [4.69, 9.17) is 10.5 Å². The van der Waals surface area contributed by atoms with Gasteiger partial charge < -0.3 is 20.5 Å². The topological polar surface area (TPSA) is 101 Å². The lowest BCUT2D eigenvalue weighted by Gasteiger charge is -2.12. The molecule has 3 aromatic rings. The lowest BCUT2D eigenvalue weighted by molar-refractivity contribution is 0.415. The van der Waals surface area contributed by atoms with Crippen molar-refractivity contribution in [2.75, 3.05) is 12.8 Å². The normalized spacial score (nSPS) is 10.8. The Labute approximate surface area is 131 Å². The summed E-state index contributed by atoms with van der Waals surface area (Å²) in [5, 5.41) is 26.5. The van der Waals surface area contributed by atoms with Gasteiger partial charge in [-0.1, -0.05) is 12.1 Å². The molecule has 1 aromatic heterocycles. The first-order valence-electron chi connectivity index (χ1n) is 6.76. The van der Waals surface area contributed by atoms with Crippen LogP contribution in [0.2, 0.25) is 0 Å². The van der Waals surface area contributed by atoms with E-state index in [1.807, 2.05) is 0 Å². The molecule has 0 unspecified atom stereocenters. The molecule has 0 atom stereocenters. The van der Waals surface area contributed by atoms with Gasteiger partial charge in [-0.05, 0) is 29.2 Å². The number of benzene rings is 2. The lowest BCUT2D eigenvalue weighted by Crippen LogP contribution is -2.29. The Hall–Kier alpha value is -2.71. The summed E-state index contributed by atoms with van der Waals surface area (Å²) in [5.74, 6) is -0.0769. The Balaban J connectivity index is 2.26. The molecule has 6 nitrogen and oxygen atoms in total. The van der Waals surface area contributed by atoms with Gasteiger partial charge in [0.2, 0.25) is 0 Å². The Morgan fingerprint density at radius 2 is 2.00 bits per heavy atom. The van der Waals surface area contributed by atoms with Crippen molar-refractivity contribution in [1.29, 1.82) is 0 Å². The van der Waals surface area contributed by atoms with Gasteiger partial charge in [0.1, 0.15) is 11.6 Å². The van der Waals surface area contributed by atoms with Crippen LogP contribution in [0.5, 0.6) is 5.75 Å². The fourth-order valence-electron chi connectivity index (χ4n) is 2.44. The minimum atomic E-state index is -1.64. The summed E-state index contributed by atoms with van der Waals surface area (Å²) in [6.45, 7) is 0. The number of rotatable bonds is 3. The Morgan fingerprint density at radius 1 is 1.22 bits per heavy atom. The summed E-state index contributed by atoms with van der Waals surface area (Å²) in [6.07, 6.45) is 1.29. The molecule has 0 amide bonds. The second-order valence-electron chi connectivity index (χ2n) is 4.99. The van der Waals surface area contributed by atoms with Crippen molar-refractivity contribution < 1.29 is 19.2 Å². The van der Waals surface area contributed by atoms with Crippen LogP contribution in [0.1, 0.15) is 0 Å². The van der Waals surface area contributed by atoms with Gasteiger partial charge in [-0.3, -0.25) is 0 Å². The summed E-state index contributed by atoms with van der Waals surface area (Å²) in [5.41, 5.74) is 7.47. The van der Waals surface area contributed by atoms with Crippen molar-refractivity contribution in [2.24, 2.45) is 0 Å². The second-order valence-corrected chi connectivity index (χ2v) is 4.99. The Bertz CT molecular complexity index is 889. The van der Waals surface area contributed by atoms with E-state index < -0.39 is 12.9 Å². The van der Waals surface area contributed by atoms with Crippen molar-refractivity contribution in [3.63, 3.8) is 0 Å². The summed E-state index contributed by atoms with van der Waals surface area (Å²) in [7, 11) is -0.163. The maximum absolute atomic E-state index is 14.4. The lowest BCUT2D eigenvalue weighted by atomic mass is 9.79. The van der Waals surface area contributed by atoms with Gasteiger partial charge in [0.25, 0.3) is 0 Å². The van der Waals surface area contributed by atoms with Crippen LogP contribution < -0.4 is 15.9 Å². The monoisotopic (exact) mass is 313 g/mol. The number of anilines is 1. The first-order valence-corrected chi connectivity index (χ1v) is 6.76. The van der Waals surface area contributed by atoms with Crippen molar-refractivity contribution >= 4 is 29.2 Å². The number of fused-ring (bicyclic) bond motifs is 1. The number of aromatic nitrogens is 2. The zero-order valence-electron chi connectivity index (χ0n) is 12.2. The van der Waals surface area contributed by atoms with Crippen LogP contribution in [0.3, 0.4) is 0 Å². The Morgan fingerprint density at radius 3 is 2.70 bits per heavy atom. The molecule has 0 saturated heterocycles. The van der Waals surface area contributed by atoms with Gasteiger partial charge in [0.15, 0.2) is 0 Å². The number of hydrogen-bond donors (Lipinski definition) is 3. The molecule has 4 N–H and O–H groups in total.